The highest BCUT2D eigenvalue weighted by Crippen LogP contribution is 2.25. The predicted octanol–water partition coefficient (Wildman–Crippen LogP) is 5.25. The summed E-state index contributed by atoms with van der Waals surface area (Å²) in [5.41, 5.74) is 3.30. The Labute approximate surface area is 180 Å². The van der Waals surface area contributed by atoms with E-state index in [1.807, 2.05) is 72.8 Å². The maximum atomic E-state index is 12.9. The predicted molar refractivity (Wildman–Crippen MR) is 116 cm³/mol. The molecule has 4 aromatic rings. The number of rotatable bonds is 7. The number of carbonyl (C=O) groups excluding carboxylic acids is 1. The second-order valence-corrected chi connectivity index (χ2v) is 7.04. The van der Waals surface area contributed by atoms with E-state index in [0.29, 0.717) is 17.9 Å². The molecular formula is C25H22N2O4. The van der Waals surface area contributed by atoms with Gasteiger partial charge in [-0.1, -0.05) is 48.5 Å². The lowest BCUT2D eigenvalue weighted by Gasteiger charge is -2.12. The molecule has 0 radical (unpaired) electrons. The number of nitrogens with zero attached hydrogens (tertiary/aromatic N) is 2. The summed E-state index contributed by atoms with van der Waals surface area (Å²) in [6.45, 7) is 1.71. The van der Waals surface area contributed by atoms with Crippen molar-refractivity contribution >= 4 is 5.97 Å². The molecule has 0 saturated carbocycles. The number of ether oxygens (including phenoxy) is 2. The highest BCUT2D eigenvalue weighted by atomic mass is 16.6. The summed E-state index contributed by atoms with van der Waals surface area (Å²) < 4.78 is 16.5. The van der Waals surface area contributed by atoms with Gasteiger partial charge in [-0.2, -0.15) is 0 Å². The van der Waals surface area contributed by atoms with E-state index in [9.17, 15) is 4.79 Å². The van der Waals surface area contributed by atoms with E-state index in [4.69, 9.17) is 13.9 Å². The molecule has 31 heavy (non-hydrogen) atoms. The van der Waals surface area contributed by atoms with Gasteiger partial charge in [0.1, 0.15) is 5.75 Å². The highest BCUT2D eigenvalue weighted by molar-refractivity contribution is 5.91. The molecule has 6 nitrogen and oxygen atoms in total. The topological polar surface area (TPSA) is 74.5 Å². The molecule has 3 aromatic carbocycles. The van der Waals surface area contributed by atoms with Crippen molar-refractivity contribution in [1.82, 2.24) is 10.2 Å². The fourth-order valence-electron chi connectivity index (χ4n) is 3.21. The van der Waals surface area contributed by atoms with Crippen molar-refractivity contribution in [2.24, 2.45) is 0 Å². The molecule has 1 aromatic heterocycles. The lowest BCUT2D eigenvalue weighted by atomic mass is 10.00. The molecule has 0 fully saturated rings. The smallest absolute Gasteiger partial charge is 0.339 e. The Hall–Kier alpha value is -3.93. The number of methoxy groups -OCH3 is 1. The molecule has 4 rings (SSSR count). The third kappa shape index (κ3) is 4.80. The third-order valence-electron chi connectivity index (χ3n) is 4.88. The Morgan fingerprint density at radius 1 is 0.935 bits per heavy atom. The number of benzene rings is 3. The van der Waals surface area contributed by atoms with Gasteiger partial charge >= 0.3 is 5.97 Å². The lowest BCUT2D eigenvalue weighted by Crippen LogP contribution is -2.12. The van der Waals surface area contributed by atoms with Crippen molar-refractivity contribution in [2.45, 2.75) is 19.4 Å². The molecule has 0 aliphatic heterocycles. The van der Waals surface area contributed by atoms with Crippen LogP contribution in [-0.2, 0) is 11.2 Å². The number of hydrogen-bond acceptors (Lipinski definition) is 6. The standard InChI is InChI=1S/C25H22N2O4/c1-17(23-26-27-24(31-23)19-12-14-21(29-2)15-13-19)30-25(28)22-11-7-6-10-20(22)16-18-8-4-3-5-9-18/h3-15,17H,16H2,1-2H3/t17-/m1/s1. The maximum absolute atomic E-state index is 12.9. The second kappa shape index (κ2) is 9.26. The molecule has 0 amide bonds. The van der Waals surface area contributed by atoms with E-state index in [2.05, 4.69) is 10.2 Å². The van der Waals surface area contributed by atoms with Crippen LogP contribution in [0.3, 0.4) is 0 Å². The fraction of sp³-hybridized carbons (Fsp3) is 0.160. The SMILES string of the molecule is COc1ccc(-c2nnc([C@@H](C)OC(=O)c3ccccc3Cc3ccccc3)o2)cc1. The Morgan fingerprint density at radius 3 is 2.39 bits per heavy atom. The summed E-state index contributed by atoms with van der Waals surface area (Å²) in [7, 11) is 1.61. The van der Waals surface area contributed by atoms with Crippen molar-refractivity contribution in [1.29, 1.82) is 0 Å². The van der Waals surface area contributed by atoms with Crippen molar-refractivity contribution in [3.05, 3.63) is 101 Å². The first kappa shape index (κ1) is 20.3. The number of carbonyl (C=O) groups is 1. The van der Waals surface area contributed by atoms with Gasteiger partial charge in [0.15, 0.2) is 6.10 Å². The molecule has 6 heteroatoms. The first-order valence-electron chi connectivity index (χ1n) is 9.94. The third-order valence-corrected chi connectivity index (χ3v) is 4.88. The van der Waals surface area contributed by atoms with Gasteiger partial charge in [-0.3, -0.25) is 0 Å². The van der Waals surface area contributed by atoms with E-state index >= 15 is 0 Å². The average molecular weight is 414 g/mol. The Morgan fingerprint density at radius 2 is 1.65 bits per heavy atom. The zero-order valence-corrected chi connectivity index (χ0v) is 17.3. The van der Waals surface area contributed by atoms with Crippen LogP contribution in [0.5, 0.6) is 5.75 Å². The van der Waals surface area contributed by atoms with E-state index in [0.717, 1.165) is 22.4 Å². The largest absolute Gasteiger partial charge is 0.497 e. The molecule has 0 aliphatic carbocycles. The zero-order valence-electron chi connectivity index (χ0n) is 17.3. The van der Waals surface area contributed by atoms with Gasteiger partial charge in [0, 0.05) is 5.56 Å². The van der Waals surface area contributed by atoms with Gasteiger partial charge in [-0.25, -0.2) is 4.79 Å². The van der Waals surface area contributed by atoms with Crippen LogP contribution in [0.4, 0.5) is 0 Å². The van der Waals surface area contributed by atoms with Crippen LogP contribution in [0.25, 0.3) is 11.5 Å². The minimum absolute atomic E-state index is 0.236. The molecule has 0 saturated heterocycles. The van der Waals surface area contributed by atoms with Crippen LogP contribution >= 0.6 is 0 Å². The Balaban J connectivity index is 1.47. The van der Waals surface area contributed by atoms with Crippen LogP contribution in [0.1, 0.15) is 40.4 Å². The van der Waals surface area contributed by atoms with Gasteiger partial charge in [0.05, 0.1) is 12.7 Å². The minimum atomic E-state index is -0.684. The van der Waals surface area contributed by atoms with Gasteiger partial charge in [0.2, 0.25) is 5.89 Å². The number of hydrogen-bond donors (Lipinski definition) is 0. The van der Waals surface area contributed by atoms with Crippen LogP contribution < -0.4 is 4.74 Å². The molecule has 0 bridgehead atoms. The first-order chi connectivity index (χ1) is 15.1. The molecule has 0 spiro atoms. The van der Waals surface area contributed by atoms with E-state index in [-0.39, 0.29) is 5.89 Å². The minimum Gasteiger partial charge on any atom is -0.497 e. The molecular weight excluding hydrogens is 392 g/mol. The van der Waals surface area contributed by atoms with Crippen LogP contribution in [0, 0.1) is 0 Å². The highest BCUT2D eigenvalue weighted by Gasteiger charge is 2.21. The van der Waals surface area contributed by atoms with Gasteiger partial charge < -0.3 is 13.9 Å². The summed E-state index contributed by atoms with van der Waals surface area (Å²) in [6.07, 6.45) is -0.0420. The summed E-state index contributed by atoms with van der Waals surface area (Å²) in [6, 6.07) is 24.7. The van der Waals surface area contributed by atoms with Crippen molar-refractivity contribution in [3.63, 3.8) is 0 Å². The van der Waals surface area contributed by atoms with Gasteiger partial charge in [0.25, 0.3) is 5.89 Å². The van der Waals surface area contributed by atoms with Crippen molar-refractivity contribution in [2.75, 3.05) is 7.11 Å². The second-order valence-electron chi connectivity index (χ2n) is 7.04. The van der Waals surface area contributed by atoms with E-state index in [1.54, 1.807) is 20.1 Å². The van der Waals surface area contributed by atoms with Crippen LogP contribution in [0.15, 0.2) is 83.3 Å². The molecule has 0 N–H and O–H groups in total. The zero-order chi connectivity index (χ0) is 21.6. The molecule has 0 unspecified atom stereocenters. The quantitative estimate of drug-likeness (QED) is 0.384. The van der Waals surface area contributed by atoms with E-state index in [1.165, 1.54) is 0 Å². The lowest BCUT2D eigenvalue weighted by molar-refractivity contribution is 0.0279. The van der Waals surface area contributed by atoms with Crippen LogP contribution in [0.2, 0.25) is 0 Å². The van der Waals surface area contributed by atoms with Gasteiger partial charge in [-0.15, -0.1) is 10.2 Å². The van der Waals surface area contributed by atoms with Gasteiger partial charge in [-0.05, 0) is 54.8 Å². The number of esters is 1. The maximum Gasteiger partial charge on any atom is 0.339 e. The normalized spacial score (nSPS) is 11.7. The molecule has 0 aliphatic rings. The summed E-state index contributed by atoms with van der Waals surface area (Å²) in [5.74, 6) is 0.896. The molecule has 156 valence electrons. The van der Waals surface area contributed by atoms with Crippen molar-refractivity contribution in [3.8, 4) is 17.2 Å². The number of aromatic nitrogens is 2. The average Bonchev–Trinajstić information content (AvgIpc) is 3.31. The summed E-state index contributed by atoms with van der Waals surface area (Å²) >= 11 is 0. The first-order valence-corrected chi connectivity index (χ1v) is 9.94. The summed E-state index contributed by atoms with van der Waals surface area (Å²) in [4.78, 5) is 12.9. The summed E-state index contributed by atoms with van der Waals surface area (Å²) in [5, 5.41) is 8.11. The van der Waals surface area contributed by atoms with Crippen molar-refractivity contribution < 1.29 is 18.7 Å². The van der Waals surface area contributed by atoms with E-state index < -0.39 is 12.1 Å². The Kier molecular flexibility index (Phi) is 6.08. The molecule has 1 atom stereocenters. The van der Waals surface area contributed by atoms with Crippen LogP contribution in [-0.4, -0.2) is 23.3 Å². The monoisotopic (exact) mass is 414 g/mol. The molecule has 1 heterocycles. The fourth-order valence-corrected chi connectivity index (χ4v) is 3.21. The Bertz CT molecular complexity index is 1150.